The van der Waals surface area contributed by atoms with E-state index in [1.54, 1.807) is 23.7 Å². The number of amides is 1. The quantitative estimate of drug-likeness (QED) is 0.628. The van der Waals surface area contributed by atoms with Crippen LogP contribution in [0.25, 0.3) is 0 Å². The molecule has 140 valence electrons. The number of halogens is 2. The van der Waals surface area contributed by atoms with Gasteiger partial charge in [-0.1, -0.05) is 45.8 Å². The Morgan fingerprint density at radius 2 is 2.07 bits per heavy atom. The highest BCUT2D eigenvalue weighted by molar-refractivity contribution is 7.17. The summed E-state index contributed by atoms with van der Waals surface area (Å²) in [5, 5.41) is 11.7. The largest absolute Gasteiger partial charge is 0.465 e. The van der Waals surface area contributed by atoms with Gasteiger partial charge in [0.1, 0.15) is 4.88 Å². The molecule has 0 saturated carbocycles. The molecule has 3 rings (SSSR count). The van der Waals surface area contributed by atoms with E-state index in [0.29, 0.717) is 22.3 Å². The molecule has 0 unspecified atom stereocenters. The molecule has 0 aliphatic rings. The van der Waals surface area contributed by atoms with Crippen molar-refractivity contribution in [2.45, 2.75) is 13.5 Å². The standard InChI is InChI=1S/C16H13Cl2N5O3S/c1-8-13(14(24)20-16-19-6-12(27-16)15(25)26-2)21-22-23(8)7-9-3-4-10(17)11(18)5-9/h3-6H,7H2,1-2H3,(H,19,20,24). The Morgan fingerprint density at radius 1 is 1.30 bits per heavy atom. The number of carbonyl (C=O) groups is 2. The van der Waals surface area contributed by atoms with E-state index in [2.05, 4.69) is 25.3 Å². The molecule has 0 spiro atoms. The SMILES string of the molecule is COC(=O)c1cnc(NC(=O)c2nnn(Cc3ccc(Cl)c(Cl)c3)c2C)s1. The van der Waals surface area contributed by atoms with Gasteiger partial charge < -0.3 is 4.74 Å². The third kappa shape index (κ3) is 4.26. The summed E-state index contributed by atoms with van der Waals surface area (Å²) in [5.41, 5.74) is 1.60. The van der Waals surface area contributed by atoms with Gasteiger partial charge in [0.05, 0.1) is 35.6 Å². The highest BCUT2D eigenvalue weighted by atomic mass is 35.5. The van der Waals surface area contributed by atoms with E-state index in [4.69, 9.17) is 23.2 Å². The predicted octanol–water partition coefficient (Wildman–Crippen LogP) is 3.44. The number of anilines is 1. The van der Waals surface area contributed by atoms with E-state index >= 15 is 0 Å². The van der Waals surface area contributed by atoms with Crippen molar-refractivity contribution >= 4 is 51.5 Å². The van der Waals surface area contributed by atoms with Crippen molar-refractivity contribution in [2.24, 2.45) is 0 Å². The molecule has 1 N–H and O–H groups in total. The number of carbonyl (C=O) groups excluding carboxylic acids is 2. The number of hydrogen-bond donors (Lipinski definition) is 1. The number of ether oxygens (including phenoxy) is 1. The minimum absolute atomic E-state index is 0.157. The Bertz CT molecular complexity index is 1020. The van der Waals surface area contributed by atoms with E-state index in [0.717, 1.165) is 16.9 Å². The average Bonchev–Trinajstić information content (AvgIpc) is 3.25. The summed E-state index contributed by atoms with van der Waals surface area (Å²) in [6.07, 6.45) is 1.33. The zero-order valence-electron chi connectivity index (χ0n) is 14.2. The van der Waals surface area contributed by atoms with Gasteiger partial charge in [0, 0.05) is 0 Å². The number of aromatic nitrogens is 4. The van der Waals surface area contributed by atoms with Gasteiger partial charge in [-0.3, -0.25) is 10.1 Å². The van der Waals surface area contributed by atoms with E-state index in [1.807, 2.05) is 6.07 Å². The Balaban J connectivity index is 1.74. The van der Waals surface area contributed by atoms with Gasteiger partial charge in [-0.05, 0) is 24.6 Å². The molecule has 0 radical (unpaired) electrons. The second-order valence-corrected chi connectivity index (χ2v) is 7.25. The fraction of sp³-hybridized carbons (Fsp3) is 0.188. The Labute approximate surface area is 168 Å². The minimum Gasteiger partial charge on any atom is -0.465 e. The first-order chi connectivity index (χ1) is 12.9. The van der Waals surface area contributed by atoms with Gasteiger partial charge in [-0.2, -0.15) is 0 Å². The molecule has 0 bridgehead atoms. The van der Waals surface area contributed by atoms with Crippen molar-refractivity contribution < 1.29 is 14.3 Å². The van der Waals surface area contributed by atoms with E-state index in [9.17, 15) is 9.59 Å². The number of nitrogens with one attached hydrogen (secondary N) is 1. The maximum atomic E-state index is 12.4. The lowest BCUT2D eigenvalue weighted by atomic mass is 10.2. The second-order valence-electron chi connectivity index (χ2n) is 5.40. The smallest absolute Gasteiger partial charge is 0.349 e. The van der Waals surface area contributed by atoms with Crippen molar-refractivity contribution in [3.8, 4) is 0 Å². The van der Waals surface area contributed by atoms with Gasteiger partial charge in [0.15, 0.2) is 10.8 Å². The van der Waals surface area contributed by atoms with Crippen LogP contribution < -0.4 is 5.32 Å². The van der Waals surface area contributed by atoms with Crippen LogP contribution in [0.2, 0.25) is 10.0 Å². The highest BCUT2D eigenvalue weighted by Crippen LogP contribution is 2.23. The molecule has 0 aliphatic carbocycles. The molecule has 1 aromatic carbocycles. The zero-order valence-corrected chi connectivity index (χ0v) is 16.5. The van der Waals surface area contributed by atoms with Crippen LogP contribution in [-0.4, -0.2) is 39.0 Å². The number of rotatable bonds is 5. The molecule has 11 heteroatoms. The minimum atomic E-state index is -0.517. The molecule has 2 heterocycles. The maximum absolute atomic E-state index is 12.4. The number of thiazole rings is 1. The summed E-state index contributed by atoms with van der Waals surface area (Å²) in [6, 6.07) is 5.24. The first-order valence-corrected chi connectivity index (χ1v) is 9.15. The number of benzene rings is 1. The summed E-state index contributed by atoms with van der Waals surface area (Å²) < 4.78 is 6.19. The van der Waals surface area contributed by atoms with Gasteiger partial charge in [0.25, 0.3) is 5.91 Å². The second kappa shape index (κ2) is 8.03. The highest BCUT2D eigenvalue weighted by Gasteiger charge is 2.19. The first kappa shape index (κ1) is 19.3. The number of hydrogen-bond acceptors (Lipinski definition) is 7. The van der Waals surface area contributed by atoms with Crippen molar-refractivity contribution in [3.63, 3.8) is 0 Å². The maximum Gasteiger partial charge on any atom is 0.349 e. The van der Waals surface area contributed by atoms with Gasteiger partial charge in [-0.25, -0.2) is 14.5 Å². The van der Waals surface area contributed by atoms with Crippen LogP contribution in [0.1, 0.15) is 31.4 Å². The lowest BCUT2D eigenvalue weighted by Gasteiger charge is -2.05. The molecular formula is C16H13Cl2N5O3S. The molecular weight excluding hydrogens is 413 g/mol. The summed E-state index contributed by atoms with van der Waals surface area (Å²) in [5.74, 6) is -0.990. The van der Waals surface area contributed by atoms with Crippen molar-refractivity contribution in [3.05, 3.63) is 56.3 Å². The molecule has 2 aromatic heterocycles. The molecule has 0 atom stereocenters. The van der Waals surface area contributed by atoms with Crippen LogP contribution in [0.4, 0.5) is 5.13 Å². The van der Waals surface area contributed by atoms with Crippen LogP contribution in [0.5, 0.6) is 0 Å². The van der Waals surface area contributed by atoms with Crippen LogP contribution >= 0.6 is 34.5 Å². The Kier molecular flexibility index (Phi) is 5.73. The normalized spacial score (nSPS) is 10.7. The predicted molar refractivity (Wildman–Crippen MR) is 102 cm³/mol. The Morgan fingerprint density at radius 3 is 2.78 bits per heavy atom. The van der Waals surface area contributed by atoms with Crippen molar-refractivity contribution in [1.82, 2.24) is 20.0 Å². The van der Waals surface area contributed by atoms with Gasteiger partial charge >= 0.3 is 5.97 Å². The summed E-state index contributed by atoms with van der Waals surface area (Å²) in [4.78, 5) is 28.1. The first-order valence-electron chi connectivity index (χ1n) is 7.58. The molecule has 3 aromatic rings. The van der Waals surface area contributed by atoms with Crippen LogP contribution in [0.15, 0.2) is 24.4 Å². The monoisotopic (exact) mass is 425 g/mol. The van der Waals surface area contributed by atoms with E-state index < -0.39 is 11.9 Å². The summed E-state index contributed by atoms with van der Waals surface area (Å²) in [7, 11) is 1.27. The van der Waals surface area contributed by atoms with Crippen LogP contribution in [-0.2, 0) is 11.3 Å². The molecule has 0 fully saturated rings. The van der Waals surface area contributed by atoms with Crippen molar-refractivity contribution in [2.75, 3.05) is 12.4 Å². The van der Waals surface area contributed by atoms with Crippen LogP contribution in [0, 0.1) is 6.92 Å². The van der Waals surface area contributed by atoms with Gasteiger partial charge in [0.2, 0.25) is 0 Å². The summed E-state index contributed by atoms with van der Waals surface area (Å²) >= 11 is 12.9. The zero-order chi connectivity index (χ0) is 19.6. The Hall–Kier alpha value is -2.49. The lowest BCUT2D eigenvalue weighted by molar-refractivity contribution is 0.0606. The molecule has 1 amide bonds. The third-order valence-electron chi connectivity index (χ3n) is 3.63. The van der Waals surface area contributed by atoms with Gasteiger partial charge in [-0.15, -0.1) is 5.10 Å². The third-order valence-corrected chi connectivity index (χ3v) is 5.26. The van der Waals surface area contributed by atoms with E-state index in [1.165, 1.54) is 13.3 Å². The molecule has 27 heavy (non-hydrogen) atoms. The number of nitrogens with zero attached hydrogens (tertiary/aromatic N) is 4. The van der Waals surface area contributed by atoms with E-state index in [-0.39, 0.29) is 15.7 Å². The fourth-order valence-electron chi connectivity index (χ4n) is 2.21. The van der Waals surface area contributed by atoms with Crippen LogP contribution in [0.3, 0.4) is 0 Å². The number of methoxy groups -OCH3 is 1. The number of esters is 1. The van der Waals surface area contributed by atoms with Crippen molar-refractivity contribution in [1.29, 1.82) is 0 Å². The molecule has 0 saturated heterocycles. The molecule has 0 aliphatic heterocycles. The molecule has 8 nitrogen and oxygen atoms in total. The topological polar surface area (TPSA) is 99.0 Å². The fourth-order valence-corrected chi connectivity index (χ4v) is 3.26. The summed E-state index contributed by atoms with van der Waals surface area (Å²) in [6.45, 7) is 2.11. The average molecular weight is 426 g/mol. The lowest BCUT2D eigenvalue weighted by Crippen LogP contribution is -2.14.